The van der Waals surface area contributed by atoms with E-state index in [1.165, 1.54) is 7.11 Å². The fourth-order valence-electron chi connectivity index (χ4n) is 2.05. The number of ether oxygens (including phenoxy) is 1. The van der Waals surface area contributed by atoms with Gasteiger partial charge in [0, 0.05) is 12.3 Å². The number of rotatable bonds is 5. The van der Waals surface area contributed by atoms with Gasteiger partial charge in [0.15, 0.2) is 0 Å². The molecule has 8 heteroatoms. The van der Waals surface area contributed by atoms with E-state index in [1.54, 1.807) is 24.3 Å². The number of nitrogens with zero attached hydrogens (tertiary/aromatic N) is 1. The van der Waals surface area contributed by atoms with E-state index >= 15 is 0 Å². The van der Waals surface area contributed by atoms with E-state index in [1.807, 2.05) is 0 Å². The SMILES string of the molecule is COc1cccc(N2C(=O)NC(CCS(C)(=O)=O)C2=O)c1. The van der Waals surface area contributed by atoms with E-state index in [0.29, 0.717) is 11.4 Å². The lowest BCUT2D eigenvalue weighted by Gasteiger charge is -2.13. The number of methoxy groups -OCH3 is 1. The van der Waals surface area contributed by atoms with Crippen molar-refractivity contribution in [2.24, 2.45) is 0 Å². The summed E-state index contributed by atoms with van der Waals surface area (Å²) < 4.78 is 27.4. The van der Waals surface area contributed by atoms with Crippen molar-refractivity contribution in [3.8, 4) is 5.75 Å². The van der Waals surface area contributed by atoms with E-state index in [9.17, 15) is 18.0 Å². The van der Waals surface area contributed by atoms with E-state index in [4.69, 9.17) is 4.74 Å². The Balaban J connectivity index is 2.18. The minimum atomic E-state index is -3.19. The molecule has 114 valence electrons. The van der Waals surface area contributed by atoms with Crippen LogP contribution in [0.2, 0.25) is 0 Å². The Morgan fingerprint density at radius 3 is 2.67 bits per heavy atom. The van der Waals surface area contributed by atoms with Gasteiger partial charge < -0.3 is 10.1 Å². The predicted molar refractivity (Wildman–Crippen MR) is 77.1 cm³/mol. The second-order valence-corrected chi connectivity index (χ2v) is 7.06. The topological polar surface area (TPSA) is 92.8 Å². The lowest BCUT2D eigenvalue weighted by Crippen LogP contribution is -2.32. The Labute approximate surface area is 122 Å². The summed E-state index contributed by atoms with van der Waals surface area (Å²) in [6.07, 6.45) is 1.15. The molecule has 0 radical (unpaired) electrons. The third-order valence-corrected chi connectivity index (χ3v) is 4.09. The first-order chi connectivity index (χ1) is 9.81. The van der Waals surface area contributed by atoms with Crippen LogP contribution < -0.4 is 15.0 Å². The normalized spacial score (nSPS) is 18.8. The summed E-state index contributed by atoms with van der Waals surface area (Å²) in [6, 6.07) is 5.15. The predicted octanol–water partition coefficient (Wildman–Crippen LogP) is 0.555. The largest absolute Gasteiger partial charge is 0.497 e. The molecule has 0 spiro atoms. The van der Waals surface area contributed by atoms with Gasteiger partial charge in [0.05, 0.1) is 18.6 Å². The van der Waals surface area contributed by atoms with Crippen LogP contribution in [0.4, 0.5) is 10.5 Å². The number of hydrogen-bond donors (Lipinski definition) is 1. The molecular formula is C13H16N2O5S. The molecule has 0 aliphatic carbocycles. The summed E-state index contributed by atoms with van der Waals surface area (Å²) in [5.41, 5.74) is 0.388. The molecule has 1 aromatic rings. The highest BCUT2D eigenvalue weighted by molar-refractivity contribution is 7.90. The van der Waals surface area contributed by atoms with Gasteiger partial charge in [-0.15, -0.1) is 0 Å². The van der Waals surface area contributed by atoms with Crippen LogP contribution in [0.3, 0.4) is 0 Å². The minimum absolute atomic E-state index is 0.0594. The zero-order valence-corrected chi connectivity index (χ0v) is 12.5. The number of carbonyl (C=O) groups is 2. The number of sulfone groups is 1. The second-order valence-electron chi connectivity index (χ2n) is 4.80. The first-order valence-electron chi connectivity index (χ1n) is 6.28. The van der Waals surface area contributed by atoms with Gasteiger partial charge >= 0.3 is 6.03 Å². The smallest absolute Gasteiger partial charge is 0.329 e. The number of amides is 3. The monoisotopic (exact) mass is 312 g/mol. The second kappa shape index (κ2) is 5.72. The molecule has 7 nitrogen and oxygen atoms in total. The van der Waals surface area contributed by atoms with Crippen LogP contribution in [0.1, 0.15) is 6.42 Å². The van der Waals surface area contributed by atoms with Crippen LogP contribution in [0.5, 0.6) is 5.75 Å². The molecule has 1 aliphatic rings. The highest BCUT2D eigenvalue weighted by Gasteiger charge is 2.39. The van der Waals surface area contributed by atoms with E-state index < -0.39 is 27.8 Å². The van der Waals surface area contributed by atoms with E-state index in [2.05, 4.69) is 5.32 Å². The van der Waals surface area contributed by atoms with Gasteiger partial charge in [-0.2, -0.15) is 0 Å². The van der Waals surface area contributed by atoms with Crippen molar-refractivity contribution in [1.29, 1.82) is 0 Å². The minimum Gasteiger partial charge on any atom is -0.497 e. The number of carbonyl (C=O) groups excluding carboxylic acids is 2. The Morgan fingerprint density at radius 1 is 1.33 bits per heavy atom. The lowest BCUT2D eigenvalue weighted by atomic mass is 10.2. The van der Waals surface area contributed by atoms with Gasteiger partial charge in [-0.05, 0) is 18.6 Å². The fourth-order valence-corrected chi connectivity index (χ4v) is 2.72. The molecule has 0 saturated carbocycles. The number of urea groups is 1. The molecule has 1 aromatic carbocycles. The van der Waals surface area contributed by atoms with Crippen LogP contribution in [-0.4, -0.2) is 45.5 Å². The van der Waals surface area contributed by atoms with Crippen LogP contribution in [0.15, 0.2) is 24.3 Å². The Morgan fingerprint density at radius 2 is 2.05 bits per heavy atom. The number of benzene rings is 1. The van der Waals surface area contributed by atoms with Crippen molar-refractivity contribution in [2.75, 3.05) is 24.0 Å². The number of hydrogen-bond acceptors (Lipinski definition) is 5. The summed E-state index contributed by atoms with van der Waals surface area (Å²) in [4.78, 5) is 25.2. The third kappa shape index (κ3) is 3.52. The summed E-state index contributed by atoms with van der Waals surface area (Å²) in [5, 5.41) is 2.49. The molecule has 2 rings (SSSR count). The van der Waals surface area contributed by atoms with Gasteiger partial charge in [-0.1, -0.05) is 6.07 Å². The summed E-state index contributed by atoms with van der Waals surface area (Å²) >= 11 is 0. The molecule has 3 amide bonds. The van der Waals surface area contributed by atoms with Crippen LogP contribution in [0.25, 0.3) is 0 Å². The van der Waals surface area contributed by atoms with Gasteiger partial charge in [-0.3, -0.25) is 4.79 Å². The molecule has 1 atom stereocenters. The molecule has 0 aromatic heterocycles. The van der Waals surface area contributed by atoms with Gasteiger partial charge in [0.25, 0.3) is 5.91 Å². The zero-order valence-electron chi connectivity index (χ0n) is 11.7. The highest BCUT2D eigenvalue weighted by Crippen LogP contribution is 2.24. The van der Waals surface area contributed by atoms with Crippen molar-refractivity contribution >= 4 is 27.5 Å². The van der Waals surface area contributed by atoms with E-state index in [0.717, 1.165) is 11.2 Å². The summed E-state index contributed by atoms with van der Waals surface area (Å²) in [6.45, 7) is 0. The average Bonchev–Trinajstić information content (AvgIpc) is 2.70. The van der Waals surface area contributed by atoms with Crippen LogP contribution >= 0.6 is 0 Å². The Bertz CT molecular complexity index is 671. The molecule has 1 N–H and O–H groups in total. The average molecular weight is 312 g/mol. The number of nitrogens with one attached hydrogen (secondary N) is 1. The molecule has 1 fully saturated rings. The zero-order chi connectivity index (χ0) is 15.6. The first-order valence-corrected chi connectivity index (χ1v) is 8.34. The summed E-state index contributed by atoms with van der Waals surface area (Å²) in [7, 11) is -1.70. The van der Waals surface area contributed by atoms with Crippen molar-refractivity contribution in [3.63, 3.8) is 0 Å². The standard InChI is InChI=1S/C13H16N2O5S/c1-20-10-5-3-4-9(8-10)15-12(16)11(14-13(15)17)6-7-21(2,18)19/h3-5,8,11H,6-7H2,1-2H3,(H,14,17). The maximum Gasteiger partial charge on any atom is 0.329 e. The maximum absolute atomic E-state index is 12.2. The molecule has 1 heterocycles. The summed E-state index contributed by atoms with van der Waals surface area (Å²) in [5.74, 6) is -0.0973. The number of imide groups is 1. The highest BCUT2D eigenvalue weighted by atomic mass is 32.2. The Kier molecular flexibility index (Phi) is 4.17. The van der Waals surface area contributed by atoms with E-state index in [-0.39, 0.29) is 12.2 Å². The molecule has 1 aliphatic heterocycles. The van der Waals surface area contributed by atoms with Crippen LogP contribution in [0, 0.1) is 0 Å². The van der Waals surface area contributed by atoms with Gasteiger partial charge in [0.2, 0.25) is 0 Å². The maximum atomic E-state index is 12.2. The number of anilines is 1. The Hall–Kier alpha value is -2.09. The van der Waals surface area contributed by atoms with Crippen molar-refractivity contribution in [1.82, 2.24) is 5.32 Å². The quantitative estimate of drug-likeness (QED) is 0.802. The fraction of sp³-hybridized carbons (Fsp3) is 0.385. The van der Waals surface area contributed by atoms with Crippen molar-refractivity contribution in [3.05, 3.63) is 24.3 Å². The molecule has 1 saturated heterocycles. The molecule has 21 heavy (non-hydrogen) atoms. The first kappa shape index (κ1) is 15.3. The lowest BCUT2D eigenvalue weighted by molar-refractivity contribution is -0.118. The third-order valence-electron chi connectivity index (χ3n) is 3.11. The van der Waals surface area contributed by atoms with Crippen molar-refractivity contribution < 1.29 is 22.7 Å². The van der Waals surface area contributed by atoms with Crippen LogP contribution in [-0.2, 0) is 14.6 Å². The molecular weight excluding hydrogens is 296 g/mol. The molecule has 1 unspecified atom stereocenters. The molecule has 0 bridgehead atoms. The van der Waals surface area contributed by atoms with Gasteiger partial charge in [-0.25, -0.2) is 18.1 Å². The van der Waals surface area contributed by atoms with Gasteiger partial charge in [0.1, 0.15) is 21.6 Å². The van der Waals surface area contributed by atoms with Crippen molar-refractivity contribution in [2.45, 2.75) is 12.5 Å².